The number of hydrogen-bond acceptors (Lipinski definition) is 3. The first-order valence-corrected chi connectivity index (χ1v) is 8.69. The van der Waals surface area contributed by atoms with Gasteiger partial charge in [-0.15, -0.1) is 0 Å². The van der Waals surface area contributed by atoms with E-state index < -0.39 is 29.5 Å². The summed E-state index contributed by atoms with van der Waals surface area (Å²) >= 11 is 5.80. The first-order valence-electron chi connectivity index (χ1n) is 8.32. The van der Waals surface area contributed by atoms with E-state index in [9.17, 15) is 19.1 Å². The minimum absolute atomic E-state index is 0.0316. The van der Waals surface area contributed by atoms with E-state index in [-0.39, 0.29) is 11.4 Å². The fourth-order valence-corrected chi connectivity index (χ4v) is 2.58. The quantitative estimate of drug-likeness (QED) is 0.774. The number of aliphatic carboxylic acids is 1. The Hall–Kier alpha value is -2.60. The molecule has 5 nitrogen and oxygen atoms in total. The minimum atomic E-state index is -1.16. The molecule has 144 valence electrons. The fourth-order valence-electron chi connectivity index (χ4n) is 2.39. The van der Waals surface area contributed by atoms with Crippen molar-refractivity contribution in [2.75, 3.05) is 0 Å². The lowest BCUT2D eigenvalue weighted by Gasteiger charge is -2.22. The van der Waals surface area contributed by atoms with Gasteiger partial charge in [-0.05, 0) is 49.6 Å². The molecule has 2 rings (SSSR count). The number of nitrogens with one attached hydrogen (secondary N) is 1. The lowest BCUT2D eigenvalue weighted by atomic mass is 10.0. The van der Waals surface area contributed by atoms with E-state index in [0.717, 1.165) is 16.7 Å². The van der Waals surface area contributed by atoms with Crippen LogP contribution in [-0.2, 0) is 16.0 Å². The zero-order chi connectivity index (χ0) is 20.2. The second kappa shape index (κ2) is 8.39. The molecule has 0 saturated heterocycles. The van der Waals surface area contributed by atoms with Crippen LogP contribution in [-0.4, -0.2) is 28.8 Å². The summed E-state index contributed by atoms with van der Waals surface area (Å²) in [5.74, 6) is -1.65. The van der Waals surface area contributed by atoms with E-state index >= 15 is 0 Å². The highest BCUT2D eigenvalue weighted by atomic mass is 35.5. The number of hydrogen-bond donors (Lipinski definition) is 2. The van der Waals surface area contributed by atoms with Gasteiger partial charge in [-0.1, -0.05) is 41.9 Å². The summed E-state index contributed by atoms with van der Waals surface area (Å²) in [5.41, 5.74) is 1.56. The molecule has 0 unspecified atom stereocenters. The molecule has 1 atom stereocenters. The van der Waals surface area contributed by atoms with Crippen LogP contribution in [0.1, 0.15) is 26.3 Å². The Morgan fingerprint density at radius 2 is 1.74 bits per heavy atom. The van der Waals surface area contributed by atoms with E-state index in [0.29, 0.717) is 0 Å². The molecule has 2 aromatic carbocycles. The van der Waals surface area contributed by atoms with Crippen LogP contribution in [0, 0.1) is 5.82 Å². The molecule has 0 saturated carbocycles. The third-order valence-electron chi connectivity index (χ3n) is 3.64. The summed E-state index contributed by atoms with van der Waals surface area (Å²) in [7, 11) is 0. The normalized spacial score (nSPS) is 12.3. The van der Waals surface area contributed by atoms with Gasteiger partial charge in [0.15, 0.2) is 0 Å². The van der Waals surface area contributed by atoms with Crippen LogP contribution < -0.4 is 5.32 Å². The fraction of sp³-hybridized carbons (Fsp3) is 0.300. The molecule has 27 heavy (non-hydrogen) atoms. The van der Waals surface area contributed by atoms with Gasteiger partial charge in [-0.3, -0.25) is 0 Å². The average molecular weight is 394 g/mol. The Morgan fingerprint density at radius 3 is 2.26 bits per heavy atom. The molecule has 0 aromatic heterocycles. The molecule has 0 aliphatic heterocycles. The zero-order valence-corrected chi connectivity index (χ0v) is 16.0. The molecule has 0 aliphatic carbocycles. The van der Waals surface area contributed by atoms with E-state index in [4.69, 9.17) is 16.3 Å². The van der Waals surface area contributed by atoms with Crippen molar-refractivity contribution < 1.29 is 23.8 Å². The summed E-state index contributed by atoms with van der Waals surface area (Å²) < 4.78 is 18.4. The Balaban J connectivity index is 2.09. The van der Waals surface area contributed by atoms with Crippen molar-refractivity contribution in [2.24, 2.45) is 0 Å². The van der Waals surface area contributed by atoms with Crippen molar-refractivity contribution in [3.63, 3.8) is 0 Å². The number of ether oxygens (including phenoxy) is 1. The van der Waals surface area contributed by atoms with Crippen LogP contribution >= 0.6 is 11.6 Å². The number of carboxylic acid groups (broad SMARTS) is 1. The molecule has 0 radical (unpaired) electrons. The first-order chi connectivity index (χ1) is 12.5. The van der Waals surface area contributed by atoms with Crippen molar-refractivity contribution in [2.45, 2.75) is 38.8 Å². The van der Waals surface area contributed by atoms with E-state index in [1.807, 2.05) is 0 Å². The van der Waals surface area contributed by atoms with Gasteiger partial charge in [-0.25, -0.2) is 14.0 Å². The maximum absolute atomic E-state index is 13.3. The van der Waals surface area contributed by atoms with Crippen molar-refractivity contribution in [1.29, 1.82) is 0 Å². The Labute approximate surface area is 162 Å². The summed E-state index contributed by atoms with van der Waals surface area (Å²) in [6.07, 6.45) is -0.688. The van der Waals surface area contributed by atoms with Crippen LogP contribution in [0.4, 0.5) is 9.18 Å². The number of carboxylic acids is 1. The average Bonchev–Trinajstić information content (AvgIpc) is 2.55. The molecule has 0 fully saturated rings. The highest BCUT2D eigenvalue weighted by Gasteiger charge is 2.24. The van der Waals surface area contributed by atoms with Gasteiger partial charge >= 0.3 is 12.1 Å². The van der Waals surface area contributed by atoms with Gasteiger partial charge in [0.1, 0.15) is 17.5 Å². The van der Waals surface area contributed by atoms with Gasteiger partial charge in [0.05, 0.1) is 5.02 Å². The third kappa shape index (κ3) is 6.25. The minimum Gasteiger partial charge on any atom is -0.480 e. The molecule has 0 spiro atoms. The van der Waals surface area contributed by atoms with Crippen molar-refractivity contribution in [1.82, 2.24) is 5.32 Å². The lowest BCUT2D eigenvalue weighted by molar-refractivity contribution is -0.139. The van der Waals surface area contributed by atoms with Crippen LogP contribution in [0.5, 0.6) is 0 Å². The number of halogens is 2. The van der Waals surface area contributed by atoms with Crippen LogP contribution in [0.2, 0.25) is 5.02 Å². The predicted molar refractivity (Wildman–Crippen MR) is 101 cm³/mol. The van der Waals surface area contributed by atoms with E-state index in [1.165, 1.54) is 12.1 Å². The SMILES string of the molecule is CC(C)(C)OC(=O)N[C@H](Cc1ccc(-c2ccc(F)c(Cl)c2)cc1)C(=O)O. The van der Waals surface area contributed by atoms with Crippen LogP contribution in [0.3, 0.4) is 0 Å². The number of carbonyl (C=O) groups is 2. The summed E-state index contributed by atoms with van der Waals surface area (Å²) in [4.78, 5) is 23.3. The molecule has 0 heterocycles. The molecule has 0 bridgehead atoms. The van der Waals surface area contributed by atoms with Crippen molar-refractivity contribution in [3.05, 3.63) is 58.9 Å². The molecule has 2 aromatic rings. The number of amides is 1. The number of alkyl carbamates (subject to hydrolysis) is 1. The van der Waals surface area contributed by atoms with Gasteiger partial charge in [0.25, 0.3) is 0 Å². The van der Waals surface area contributed by atoms with Gasteiger partial charge in [0, 0.05) is 6.42 Å². The summed E-state index contributed by atoms with van der Waals surface area (Å²) in [5, 5.41) is 11.7. The molecular formula is C20H21ClFNO4. The standard InChI is InChI=1S/C20H21ClFNO4/c1-20(2,3)27-19(26)23-17(18(24)25)10-12-4-6-13(7-5-12)14-8-9-16(22)15(21)11-14/h4-9,11,17H,10H2,1-3H3,(H,23,26)(H,24,25)/t17-/m1/s1. The maximum Gasteiger partial charge on any atom is 0.408 e. The Kier molecular flexibility index (Phi) is 6.44. The van der Waals surface area contributed by atoms with E-state index in [1.54, 1.807) is 51.1 Å². The lowest BCUT2D eigenvalue weighted by Crippen LogP contribution is -2.44. The second-order valence-corrected chi connectivity index (χ2v) is 7.47. The number of benzene rings is 2. The summed E-state index contributed by atoms with van der Waals surface area (Å²) in [6, 6.07) is 10.4. The molecule has 1 amide bonds. The Bertz CT molecular complexity index is 831. The molecule has 2 N–H and O–H groups in total. The van der Waals surface area contributed by atoms with E-state index in [2.05, 4.69) is 5.32 Å². The number of rotatable bonds is 5. The van der Waals surface area contributed by atoms with Gasteiger partial charge < -0.3 is 15.2 Å². The number of carbonyl (C=O) groups excluding carboxylic acids is 1. The zero-order valence-electron chi connectivity index (χ0n) is 15.3. The van der Waals surface area contributed by atoms with Crippen LogP contribution in [0.15, 0.2) is 42.5 Å². The largest absolute Gasteiger partial charge is 0.480 e. The monoisotopic (exact) mass is 393 g/mol. The van der Waals surface area contributed by atoms with Crippen molar-refractivity contribution >= 4 is 23.7 Å². The highest BCUT2D eigenvalue weighted by molar-refractivity contribution is 6.31. The topological polar surface area (TPSA) is 75.6 Å². The highest BCUT2D eigenvalue weighted by Crippen LogP contribution is 2.25. The predicted octanol–water partition coefficient (Wildman–Crippen LogP) is 4.67. The van der Waals surface area contributed by atoms with Crippen molar-refractivity contribution in [3.8, 4) is 11.1 Å². The van der Waals surface area contributed by atoms with Gasteiger partial charge in [0.2, 0.25) is 0 Å². The first kappa shape index (κ1) is 20.7. The second-order valence-electron chi connectivity index (χ2n) is 7.07. The Morgan fingerprint density at radius 1 is 1.15 bits per heavy atom. The third-order valence-corrected chi connectivity index (χ3v) is 3.93. The smallest absolute Gasteiger partial charge is 0.408 e. The maximum atomic E-state index is 13.3. The molecular weight excluding hydrogens is 373 g/mol. The molecule has 0 aliphatic rings. The summed E-state index contributed by atoms with van der Waals surface area (Å²) in [6.45, 7) is 5.09. The van der Waals surface area contributed by atoms with Gasteiger partial charge in [-0.2, -0.15) is 0 Å². The van der Waals surface area contributed by atoms with Crippen LogP contribution in [0.25, 0.3) is 11.1 Å². The molecule has 7 heteroatoms.